The summed E-state index contributed by atoms with van der Waals surface area (Å²) in [5.41, 5.74) is 0.677. The van der Waals surface area contributed by atoms with Gasteiger partial charge in [-0.3, -0.25) is 9.59 Å². The normalized spacial score (nSPS) is 18.9. The number of phenolic OH excluding ortho intramolecular Hbond substituents is 1. The molecule has 2 aliphatic rings. The van der Waals surface area contributed by atoms with Gasteiger partial charge in [0.1, 0.15) is 24.7 Å². The van der Waals surface area contributed by atoms with Gasteiger partial charge in [0.15, 0.2) is 23.0 Å². The molecular formula is C25H21NO8. The van der Waals surface area contributed by atoms with Crippen LogP contribution in [0.3, 0.4) is 0 Å². The highest BCUT2D eigenvalue weighted by atomic mass is 16.6. The molecular weight excluding hydrogens is 442 g/mol. The van der Waals surface area contributed by atoms with Crippen LogP contribution in [0.2, 0.25) is 0 Å². The molecule has 0 radical (unpaired) electrons. The minimum atomic E-state index is -0.951. The van der Waals surface area contributed by atoms with Gasteiger partial charge >= 0.3 is 0 Å². The van der Waals surface area contributed by atoms with Crippen molar-refractivity contribution in [3.63, 3.8) is 0 Å². The molecule has 1 atom stereocenters. The number of carbonyl (C=O) groups excluding carboxylic acids is 2. The zero-order valence-corrected chi connectivity index (χ0v) is 18.2. The lowest BCUT2D eigenvalue weighted by molar-refractivity contribution is -0.140. The van der Waals surface area contributed by atoms with Crippen molar-refractivity contribution in [1.29, 1.82) is 0 Å². The maximum absolute atomic E-state index is 13.2. The van der Waals surface area contributed by atoms with Crippen LogP contribution in [0.5, 0.6) is 23.0 Å². The topological polar surface area (TPSA) is 119 Å². The maximum atomic E-state index is 13.2. The summed E-state index contributed by atoms with van der Waals surface area (Å²) in [5, 5.41) is 21.3. The van der Waals surface area contributed by atoms with Crippen molar-refractivity contribution in [1.82, 2.24) is 4.90 Å². The number of furan rings is 1. The number of carbonyl (C=O) groups is 2. The molecule has 174 valence electrons. The van der Waals surface area contributed by atoms with E-state index in [9.17, 15) is 19.8 Å². The Hall–Kier alpha value is -4.40. The molecule has 1 fully saturated rings. The molecule has 5 rings (SSSR count). The predicted octanol–water partition coefficient (Wildman–Crippen LogP) is 3.39. The first-order chi connectivity index (χ1) is 16.5. The molecule has 2 N–H and O–H groups in total. The molecule has 1 saturated heterocycles. The van der Waals surface area contributed by atoms with Crippen LogP contribution in [0.25, 0.3) is 5.76 Å². The number of aromatic hydroxyl groups is 1. The number of phenols is 1. The van der Waals surface area contributed by atoms with E-state index < -0.39 is 17.7 Å². The number of rotatable bonds is 5. The standard InChI is InChI=1S/C25H21NO8/c1-31-19-11-14(4-6-17(19)27)22-21(24(29)25(30)26(22)13-16-3-2-8-32-16)23(28)15-5-7-18-20(12-15)34-10-9-33-18/h2-8,11-12,22,27-28H,9-10,13H2,1H3/b23-21-. The monoisotopic (exact) mass is 463 g/mol. The number of ether oxygens (including phenoxy) is 3. The molecule has 34 heavy (non-hydrogen) atoms. The van der Waals surface area contributed by atoms with Gasteiger partial charge in [-0.15, -0.1) is 0 Å². The largest absolute Gasteiger partial charge is 0.507 e. The van der Waals surface area contributed by atoms with Crippen LogP contribution in [0.15, 0.2) is 64.8 Å². The Bertz CT molecular complexity index is 1290. The number of nitrogens with zero attached hydrogens (tertiary/aromatic N) is 1. The molecule has 1 amide bonds. The minimum absolute atomic E-state index is 0.00332. The molecule has 9 nitrogen and oxygen atoms in total. The Labute approximate surface area is 194 Å². The number of hydrogen-bond donors (Lipinski definition) is 2. The number of aliphatic hydroxyl groups excluding tert-OH is 1. The van der Waals surface area contributed by atoms with Gasteiger partial charge in [0.05, 0.1) is 31.5 Å². The summed E-state index contributed by atoms with van der Waals surface area (Å²) in [6.07, 6.45) is 1.47. The molecule has 3 aromatic rings. The van der Waals surface area contributed by atoms with E-state index in [0.29, 0.717) is 41.6 Å². The third kappa shape index (κ3) is 3.61. The average Bonchev–Trinajstić information content (AvgIpc) is 3.46. The fraction of sp³-hybridized carbons (Fsp3) is 0.200. The number of methoxy groups -OCH3 is 1. The summed E-state index contributed by atoms with van der Waals surface area (Å²) in [7, 11) is 1.40. The molecule has 2 aromatic carbocycles. The third-order valence-electron chi connectivity index (χ3n) is 5.78. The van der Waals surface area contributed by atoms with Crippen LogP contribution in [0.1, 0.15) is 22.9 Å². The Kier molecular flexibility index (Phi) is 5.37. The van der Waals surface area contributed by atoms with Crippen LogP contribution in [0.4, 0.5) is 0 Å². The average molecular weight is 463 g/mol. The maximum Gasteiger partial charge on any atom is 0.296 e. The van der Waals surface area contributed by atoms with E-state index in [1.54, 1.807) is 36.4 Å². The minimum Gasteiger partial charge on any atom is -0.507 e. The van der Waals surface area contributed by atoms with Crippen LogP contribution in [-0.4, -0.2) is 47.1 Å². The summed E-state index contributed by atoms with van der Waals surface area (Å²) < 4.78 is 21.7. The Morgan fingerprint density at radius 2 is 1.88 bits per heavy atom. The second kappa shape index (κ2) is 8.51. The predicted molar refractivity (Wildman–Crippen MR) is 119 cm³/mol. The van der Waals surface area contributed by atoms with E-state index in [1.165, 1.54) is 30.4 Å². The summed E-state index contributed by atoms with van der Waals surface area (Å²) in [5.74, 6) is -0.472. The van der Waals surface area contributed by atoms with Gasteiger partial charge in [-0.2, -0.15) is 0 Å². The van der Waals surface area contributed by atoms with E-state index in [0.717, 1.165) is 0 Å². The second-order valence-corrected chi connectivity index (χ2v) is 7.80. The quantitative estimate of drug-likeness (QED) is 0.336. The van der Waals surface area contributed by atoms with Crippen molar-refractivity contribution >= 4 is 17.4 Å². The lowest BCUT2D eigenvalue weighted by Crippen LogP contribution is -2.29. The summed E-state index contributed by atoms with van der Waals surface area (Å²) in [6, 6.07) is 11.7. The first-order valence-corrected chi connectivity index (χ1v) is 10.6. The first kappa shape index (κ1) is 21.4. The smallest absolute Gasteiger partial charge is 0.296 e. The molecule has 0 spiro atoms. The van der Waals surface area contributed by atoms with Gasteiger partial charge in [-0.1, -0.05) is 6.07 Å². The number of ketones is 1. The highest BCUT2D eigenvalue weighted by molar-refractivity contribution is 6.46. The number of aliphatic hydroxyl groups is 1. The number of benzene rings is 2. The van der Waals surface area contributed by atoms with Gasteiger partial charge in [-0.25, -0.2) is 0 Å². The Morgan fingerprint density at radius 1 is 1.09 bits per heavy atom. The highest BCUT2D eigenvalue weighted by Gasteiger charge is 2.46. The zero-order chi connectivity index (χ0) is 23.8. The van der Waals surface area contributed by atoms with Crippen molar-refractivity contribution in [2.75, 3.05) is 20.3 Å². The van der Waals surface area contributed by atoms with Crippen LogP contribution >= 0.6 is 0 Å². The van der Waals surface area contributed by atoms with Crippen LogP contribution in [0, 0.1) is 0 Å². The van der Waals surface area contributed by atoms with Crippen LogP contribution < -0.4 is 14.2 Å². The number of Topliss-reactive ketones (excluding diaryl/α,β-unsaturated/α-hetero) is 1. The van der Waals surface area contributed by atoms with Crippen molar-refractivity contribution in [2.45, 2.75) is 12.6 Å². The van der Waals surface area contributed by atoms with Gasteiger partial charge in [-0.05, 0) is 48.0 Å². The molecule has 0 aliphatic carbocycles. The summed E-state index contributed by atoms with van der Waals surface area (Å²) in [6.45, 7) is 0.778. The van der Waals surface area contributed by atoms with Crippen molar-refractivity contribution in [2.24, 2.45) is 0 Å². The van der Waals surface area contributed by atoms with E-state index in [2.05, 4.69) is 0 Å². The van der Waals surface area contributed by atoms with E-state index >= 15 is 0 Å². The molecule has 1 aromatic heterocycles. The number of likely N-dealkylation sites (tertiary alicyclic amines) is 1. The van der Waals surface area contributed by atoms with Gasteiger partial charge < -0.3 is 33.7 Å². The number of hydrogen-bond acceptors (Lipinski definition) is 8. The van der Waals surface area contributed by atoms with E-state index in [4.69, 9.17) is 18.6 Å². The molecule has 3 heterocycles. The SMILES string of the molecule is COc1cc(C2/C(=C(/O)c3ccc4c(c3)OCCO4)C(=O)C(=O)N2Cc2ccco2)ccc1O. The Balaban J connectivity index is 1.66. The fourth-order valence-electron chi connectivity index (χ4n) is 4.17. The van der Waals surface area contributed by atoms with Crippen molar-refractivity contribution in [3.8, 4) is 23.0 Å². The van der Waals surface area contributed by atoms with E-state index in [-0.39, 0.29) is 29.4 Å². The van der Waals surface area contributed by atoms with Gasteiger partial charge in [0, 0.05) is 5.56 Å². The zero-order valence-electron chi connectivity index (χ0n) is 18.2. The van der Waals surface area contributed by atoms with Crippen LogP contribution in [-0.2, 0) is 16.1 Å². The lowest BCUT2D eigenvalue weighted by Gasteiger charge is -2.25. The lowest BCUT2D eigenvalue weighted by atomic mass is 9.94. The summed E-state index contributed by atoms with van der Waals surface area (Å²) in [4.78, 5) is 27.6. The van der Waals surface area contributed by atoms with Crippen molar-refractivity contribution < 1.29 is 38.4 Å². The molecule has 0 saturated carbocycles. The third-order valence-corrected chi connectivity index (χ3v) is 5.78. The Morgan fingerprint density at radius 3 is 2.62 bits per heavy atom. The highest BCUT2D eigenvalue weighted by Crippen LogP contribution is 2.43. The second-order valence-electron chi connectivity index (χ2n) is 7.80. The van der Waals surface area contributed by atoms with Crippen molar-refractivity contribution in [3.05, 3.63) is 77.3 Å². The molecule has 9 heteroatoms. The number of amides is 1. The molecule has 1 unspecified atom stereocenters. The number of fused-ring (bicyclic) bond motifs is 1. The first-order valence-electron chi connectivity index (χ1n) is 10.6. The molecule has 0 bridgehead atoms. The van der Waals surface area contributed by atoms with E-state index in [1.807, 2.05) is 0 Å². The van der Waals surface area contributed by atoms with Gasteiger partial charge in [0.2, 0.25) is 0 Å². The van der Waals surface area contributed by atoms with Gasteiger partial charge in [0.25, 0.3) is 11.7 Å². The molecule has 2 aliphatic heterocycles. The summed E-state index contributed by atoms with van der Waals surface area (Å²) >= 11 is 0. The fourth-order valence-corrected chi connectivity index (χ4v) is 4.17.